The molecule has 1 heterocycles. The molecular weight excluding hydrogens is 209 g/mol. The minimum atomic E-state index is 0. The monoisotopic (exact) mass is 224 g/mol. The summed E-state index contributed by atoms with van der Waals surface area (Å²) in [5.74, 6) is 0. The van der Waals surface area contributed by atoms with Crippen LogP contribution < -0.4 is 0 Å². The van der Waals surface area contributed by atoms with Crippen LogP contribution in [0.3, 0.4) is 0 Å². The SMILES string of the molecule is CC.Cc1ccnc2ccccc12.[V]. The number of hydrogen-bond acceptors (Lipinski definition) is 1. The number of fused-ring (bicyclic) bond motifs is 1. The van der Waals surface area contributed by atoms with Gasteiger partial charge in [-0.15, -0.1) is 0 Å². The van der Waals surface area contributed by atoms with Crippen molar-refractivity contribution >= 4 is 10.9 Å². The second-order valence-electron chi connectivity index (χ2n) is 2.64. The average Bonchev–Trinajstić information content (AvgIpc) is 2.22. The fourth-order valence-electron chi connectivity index (χ4n) is 1.24. The first-order valence-corrected chi connectivity index (χ1v) is 4.68. The van der Waals surface area contributed by atoms with Crippen LogP contribution in [-0.4, -0.2) is 4.98 Å². The summed E-state index contributed by atoms with van der Waals surface area (Å²) in [7, 11) is 0. The van der Waals surface area contributed by atoms with Gasteiger partial charge in [0.25, 0.3) is 0 Å². The molecule has 2 heteroatoms. The van der Waals surface area contributed by atoms with Gasteiger partial charge in [-0.25, -0.2) is 0 Å². The predicted octanol–water partition coefficient (Wildman–Crippen LogP) is 3.57. The van der Waals surface area contributed by atoms with Crippen LogP contribution in [0.15, 0.2) is 36.5 Å². The molecule has 14 heavy (non-hydrogen) atoms. The molecule has 1 aromatic carbocycles. The standard InChI is InChI=1S/C10H9N.C2H6.V/c1-8-6-7-11-10-5-3-2-4-9(8)10;1-2;/h2-7H,1H3;1-2H3;. The van der Waals surface area contributed by atoms with E-state index in [4.69, 9.17) is 0 Å². The zero-order chi connectivity index (χ0) is 9.68. The first-order chi connectivity index (χ1) is 6.38. The molecule has 2 aromatic rings. The molecule has 2 rings (SSSR count). The normalized spacial score (nSPS) is 8.50. The number of para-hydroxylation sites is 1. The summed E-state index contributed by atoms with van der Waals surface area (Å²) in [4.78, 5) is 4.24. The Labute approximate surface area is 97.4 Å². The van der Waals surface area contributed by atoms with E-state index in [2.05, 4.69) is 18.0 Å². The van der Waals surface area contributed by atoms with Gasteiger partial charge in [0.1, 0.15) is 0 Å². The number of nitrogens with zero attached hydrogens (tertiary/aromatic N) is 1. The summed E-state index contributed by atoms with van der Waals surface area (Å²) in [5, 5.41) is 1.25. The number of aromatic nitrogens is 1. The maximum Gasteiger partial charge on any atom is 0.0704 e. The third-order valence-corrected chi connectivity index (χ3v) is 1.87. The molecule has 1 aromatic heterocycles. The Bertz CT molecular complexity index is 379. The molecular formula is C12H15NV. The summed E-state index contributed by atoms with van der Waals surface area (Å²) in [6.07, 6.45) is 1.84. The Morgan fingerprint density at radius 1 is 1.00 bits per heavy atom. The molecule has 0 atom stereocenters. The Morgan fingerprint density at radius 3 is 2.29 bits per heavy atom. The first-order valence-electron chi connectivity index (χ1n) is 4.68. The molecule has 0 saturated heterocycles. The van der Waals surface area contributed by atoms with Gasteiger partial charge in [-0.3, -0.25) is 4.98 Å². The van der Waals surface area contributed by atoms with E-state index < -0.39 is 0 Å². The Kier molecular flexibility index (Phi) is 6.26. The maximum absolute atomic E-state index is 4.24. The smallest absolute Gasteiger partial charge is 0.0704 e. The van der Waals surface area contributed by atoms with Crippen molar-refractivity contribution < 1.29 is 18.6 Å². The molecule has 1 radical (unpaired) electrons. The molecule has 0 aliphatic heterocycles. The van der Waals surface area contributed by atoms with E-state index in [1.165, 1.54) is 10.9 Å². The van der Waals surface area contributed by atoms with Gasteiger partial charge in [0.2, 0.25) is 0 Å². The molecule has 0 N–H and O–H groups in total. The van der Waals surface area contributed by atoms with Crippen molar-refractivity contribution in [1.29, 1.82) is 0 Å². The van der Waals surface area contributed by atoms with Crippen molar-refractivity contribution in [2.24, 2.45) is 0 Å². The summed E-state index contributed by atoms with van der Waals surface area (Å²) in [6, 6.07) is 10.2. The van der Waals surface area contributed by atoms with E-state index in [0.29, 0.717) is 0 Å². The summed E-state index contributed by atoms with van der Waals surface area (Å²) < 4.78 is 0. The fourth-order valence-corrected chi connectivity index (χ4v) is 1.24. The summed E-state index contributed by atoms with van der Waals surface area (Å²) in [5.41, 5.74) is 2.36. The molecule has 1 nitrogen and oxygen atoms in total. The Balaban J connectivity index is 0.000000531. The maximum atomic E-state index is 4.24. The fraction of sp³-hybridized carbons (Fsp3) is 0.250. The summed E-state index contributed by atoms with van der Waals surface area (Å²) >= 11 is 0. The number of pyridine rings is 1. The topological polar surface area (TPSA) is 12.9 Å². The van der Waals surface area contributed by atoms with Gasteiger partial charge in [0.05, 0.1) is 5.52 Å². The Morgan fingerprint density at radius 2 is 1.64 bits per heavy atom. The van der Waals surface area contributed by atoms with Crippen molar-refractivity contribution in [2.45, 2.75) is 20.8 Å². The number of hydrogen-bond donors (Lipinski definition) is 0. The second-order valence-corrected chi connectivity index (χ2v) is 2.64. The number of rotatable bonds is 0. The van der Waals surface area contributed by atoms with E-state index >= 15 is 0 Å². The van der Waals surface area contributed by atoms with Crippen LogP contribution in [0.5, 0.6) is 0 Å². The predicted molar refractivity (Wildman–Crippen MR) is 57.8 cm³/mol. The van der Waals surface area contributed by atoms with Crippen molar-refractivity contribution in [1.82, 2.24) is 4.98 Å². The van der Waals surface area contributed by atoms with E-state index in [-0.39, 0.29) is 18.6 Å². The third kappa shape index (κ3) is 2.86. The third-order valence-electron chi connectivity index (χ3n) is 1.87. The van der Waals surface area contributed by atoms with Crippen molar-refractivity contribution in [3.8, 4) is 0 Å². The molecule has 0 aliphatic rings. The number of aryl methyl sites for hydroxylation is 1. The molecule has 0 saturated carbocycles. The largest absolute Gasteiger partial charge is 0.256 e. The molecule has 0 unspecified atom stereocenters. The second kappa shape index (κ2) is 6.64. The quantitative estimate of drug-likeness (QED) is 0.666. The minimum absolute atomic E-state index is 0. The van der Waals surface area contributed by atoms with Gasteiger partial charge in [0, 0.05) is 30.1 Å². The van der Waals surface area contributed by atoms with Crippen LogP contribution in [0.4, 0.5) is 0 Å². The van der Waals surface area contributed by atoms with E-state index in [0.717, 1.165) is 5.52 Å². The minimum Gasteiger partial charge on any atom is -0.256 e. The van der Waals surface area contributed by atoms with Gasteiger partial charge in [-0.1, -0.05) is 32.0 Å². The average molecular weight is 224 g/mol. The van der Waals surface area contributed by atoms with Gasteiger partial charge < -0.3 is 0 Å². The van der Waals surface area contributed by atoms with Gasteiger partial charge in [0.15, 0.2) is 0 Å². The van der Waals surface area contributed by atoms with Crippen molar-refractivity contribution in [3.63, 3.8) is 0 Å². The van der Waals surface area contributed by atoms with Gasteiger partial charge in [-0.2, -0.15) is 0 Å². The van der Waals surface area contributed by atoms with E-state index in [1.54, 1.807) is 0 Å². The number of benzene rings is 1. The van der Waals surface area contributed by atoms with Crippen LogP contribution in [0, 0.1) is 6.92 Å². The molecule has 0 aliphatic carbocycles. The molecule has 0 fully saturated rings. The van der Waals surface area contributed by atoms with Crippen LogP contribution >= 0.6 is 0 Å². The van der Waals surface area contributed by atoms with Gasteiger partial charge in [-0.05, 0) is 24.6 Å². The zero-order valence-electron chi connectivity index (χ0n) is 8.86. The van der Waals surface area contributed by atoms with E-state index in [1.807, 2.05) is 44.3 Å². The molecule has 73 valence electrons. The summed E-state index contributed by atoms with van der Waals surface area (Å²) in [6.45, 7) is 6.10. The zero-order valence-corrected chi connectivity index (χ0v) is 10.3. The molecule has 0 spiro atoms. The first kappa shape index (κ1) is 13.2. The van der Waals surface area contributed by atoms with Crippen LogP contribution in [0.25, 0.3) is 10.9 Å². The van der Waals surface area contributed by atoms with Crippen molar-refractivity contribution in [2.75, 3.05) is 0 Å². The Hall–Kier alpha value is -0.786. The van der Waals surface area contributed by atoms with Crippen LogP contribution in [0.1, 0.15) is 19.4 Å². The van der Waals surface area contributed by atoms with Crippen molar-refractivity contribution in [3.05, 3.63) is 42.1 Å². The van der Waals surface area contributed by atoms with Crippen LogP contribution in [0.2, 0.25) is 0 Å². The molecule has 0 amide bonds. The van der Waals surface area contributed by atoms with Gasteiger partial charge >= 0.3 is 0 Å². The van der Waals surface area contributed by atoms with Crippen LogP contribution in [-0.2, 0) is 18.6 Å². The van der Waals surface area contributed by atoms with E-state index in [9.17, 15) is 0 Å². The molecule has 0 bridgehead atoms.